The summed E-state index contributed by atoms with van der Waals surface area (Å²) in [5.41, 5.74) is 0.635. The number of nitrogens with one attached hydrogen (secondary N) is 1. The third-order valence-corrected chi connectivity index (χ3v) is 3.77. The number of aliphatic hydroxyl groups is 1. The van der Waals surface area contributed by atoms with Crippen LogP contribution in [0.4, 0.5) is 4.39 Å². The Hall–Kier alpha value is -1.50. The number of ether oxygens (including phenoxy) is 1. The molecule has 2 rings (SSSR count). The van der Waals surface area contributed by atoms with E-state index in [1.807, 2.05) is 11.8 Å². The van der Waals surface area contributed by atoms with Crippen molar-refractivity contribution in [2.24, 2.45) is 0 Å². The molecule has 122 valence electrons. The topological polar surface area (TPSA) is 61.8 Å². The summed E-state index contributed by atoms with van der Waals surface area (Å²) in [6, 6.07) is 5.47. The second kappa shape index (κ2) is 8.22. The van der Waals surface area contributed by atoms with Crippen LogP contribution in [0, 0.1) is 5.82 Å². The van der Waals surface area contributed by atoms with E-state index in [4.69, 9.17) is 9.84 Å². The van der Waals surface area contributed by atoms with Gasteiger partial charge >= 0.3 is 0 Å². The minimum absolute atomic E-state index is 0.0175. The van der Waals surface area contributed by atoms with E-state index in [-0.39, 0.29) is 24.4 Å². The SMILES string of the molecule is CC(CCO)NC(=O)C(c1cccc(F)c1)N1CCOCC1. The van der Waals surface area contributed by atoms with Crippen LogP contribution in [0.25, 0.3) is 0 Å². The zero-order valence-electron chi connectivity index (χ0n) is 12.8. The second-order valence-corrected chi connectivity index (χ2v) is 5.53. The van der Waals surface area contributed by atoms with Crippen LogP contribution >= 0.6 is 0 Å². The van der Waals surface area contributed by atoms with Gasteiger partial charge in [0, 0.05) is 25.7 Å². The van der Waals surface area contributed by atoms with Crippen molar-refractivity contribution in [1.29, 1.82) is 0 Å². The Bertz CT molecular complexity index is 492. The average Bonchev–Trinajstić information content (AvgIpc) is 2.49. The lowest BCUT2D eigenvalue weighted by molar-refractivity contribution is -0.129. The van der Waals surface area contributed by atoms with E-state index < -0.39 is 6.04 Å². The Balaban J connectivity index is 2.18. The lowest BCUT2D eigenvalue weighted by atomic mass is 10.0. The van der Waals surface area contributed by atoms with Gasteiger partial charge in [-0.3, -0.25) is 9.69 Å². The van der Waals surface area contributed by atoms with Gasteiger partial charge in [0.2, 0.25) is 5.91 Å². The maximum atomic E-state index is 13.5. The van der Waals surface area contributed by atoms with Crippen LogP contribution in [0.5, 0.6) is 0 Å². The standard InChI is InChI=1S/C16H23FN2O3/c1-12(5-8-20)18-16(21)15(19-6-9-22-10-7-19)13-3-2-4-14(17)11-13/h2-4,11-12,15,20H,5-10H2,1H3,(H,18,21). The molecule has 1 saturated heterocycles. The molecule has 1 aliphatic rings. The fourth-order valence-electron chi connectivity index (χ4n) is 2.63. The molecular formula is C16H23FN2O3. The summed E-state index contributed by atoms with van der Waals surface area (Å²) < 4.78 is 18.9. The second-order valence-electron chi connectivity index (χ2n) is 5.53. The molecule has 5 nitrogen and oxygen atoms in total. The van der Waals surface area contributed by atoms with Crippen LogP contribution in [0.3, 0.4) is 0 Å². The lowest BCUT2D eigenvalue weighted by Crippen LogP contribution is -2.47. The number of aliphatic hydroxyl groups excluding tert-OH is 1. The first-order valence-corrected chi connectivity index (χ1v) is 7.60. The van der Waals surface area contributed by atoms with Crippen LogP contribution in [-0.4, -0.2) is 54.9 Å². The molecular weight excluding hydrogens is 287 g/mol. The van der Waals surface area contributed by atoms with Crippen LogP contribution in [0.1, 0.15) is 24.9 Å². The minimum atomic E-state index is -0.541. The van der Waals surface area contributed by atoms with E-state index in [9.17, 15) is 9.18 Å². The van der Waals surface area contributed by atoms with Gasteiger partial charge in [-0.15, -0.1) is 0 Å². The average molecular weight is 310 g/mol. The fourth-order valence-corrected chi connectivity index (χ4v) is 2.63. The fraction of sp³-hybridized carbons (Fsp3) is 0.562. The summed E-state index contributed by atoms with van der Waals surface area (Å²) in [7, 11) is 0. The van der Waals surface area contributed by atoms with Crippen LogP contribution in [0.2, 0.25) is 0 Å². The molecule has 1 aromatic carbocycles. The number of amides is 1. The van der Waals surface area contributed by atoms with E-state index in [0.717, 1.165) is 0 Å². The first-order valence-electron chi connectivity index (χ1n) is 7.60. The number of morpholine rings is 1. The Morgan fingerprint density at radius 1 is 1.45 bits per heavy atom. The highest BCUT2D eigenvalue weighted by Gasteiger charge is 2.29. The van der Waals surface area contributed by atoms with Crippen molar-refractivity contribution in [1.82, 2.24) is 10.2 Å². The number of rotatable bonds is 6. The number of hydrogen-bond acceptors (Lipinski definition) is 4. The van der Waals surface area contributed by atoms with E-state index in [1.165, 1.54) is 12.1 Å². The summed E-state index contributed by atoms with van der Waals surface area (Å²) in [6.45, 7) is 4.24. The molecule has 0 aliphatic carbocycles. The molecule has 0 spiro atoms. The van der Waals surface area contributed by atoms with Crippen molar-refractivity contribution in [3.8, 4) is 0 Å². The molecule has 0 radical (unpaired) electrons. The Labute approximate surface area is 130 Å². The molecule has 1 amide bonds. The highest BCUT2D eigenvalue weighted by molar-refractivity contribution is 5.83. The smallest absolute Gasteiger partial charge is 0.242 e. The van der Waals surface area contributed by atoms with Crippen LogP contribution < -0.4 is 5.32 Å². The first kappa shape index (κ1) is 16.9. The highest BCUT2D eigenvalue weighted by Crippen LogP contribution is 2.23. The van der Waals surface area contributed by atoms with Gasteiger partial charge in [0.1, 0.15) is 11.9 Å². The predicted molar refractivity (Wildman–Crippen MR) is 80.8 cm³/mol. The zero-order valence-corrected chi connectivity index (χ0v) is 12.8. The number of nitrogens with zero attached hydrogens (tertiary/aromatic N) is 1. The molecule has 0 aromatic heterocycles. The predicted octanol–water partition coefficient (Wildman–Crippen LogP) is 1.09. The summed E-state index contributed by atoms with van der Waals surface area (Å²) in [5, 5.41) is 11.9. The van der Waals surface area contributed by atoms with Crippen molar-refractivity contribution in [2.45, 2.75) is 25.4 Å². The molecule has 2 atom stereocenters. The van der Waals surface area contributed by atoms with Crippen LogP contribution in [0.15, 0.2) is 24.3 Å². The number of benzene rings is 1. The maximum Gasteiger partial charge on any atom is 0.242 e. The van der Waals surface area contributed by atoms with Gasteiger partial charge in [0.15, 0.2) is 0 Å². The molecule has 6 heteroatoms. The third kappa shape index (κ3) is 4.50. The summed E-state index contributed by atoms with van der Waals surface area (Å²) in [5.74, 6) is -0.527. The zero-order chi connectivity index (χ0) is 15.9. The largest absolute Gasteiger partial charge is 0.396 e. The van der Waals surface area contributed by atoms with Crippen molar-refractivity contribution in [2.75, 3.05) is 32.9 Å². The molecule has 2 N–H and O–H groups in total. The van der Waals surface area contributed by atoms with Gasteiger partial charge in [-0.05, 0) is 31.0 Å². The maximum absolute atomic E-state index is 13.5. The Kier molecular flexibility index (Phi) is 6.30. The van der Waals surface area contributed by atoms with Gasteiger partial charge in [-0.2, -0.15) is 0 Å². The minimum Gasteiger partial charge on any atom is -0.396 e. The monoisotopic (exact) mass is 310 g/mol. The molecule has 1 heterocycles. The number of hydrogen-bond donors (Lipinski definition) is 2. The molecule has 2 unspecified atom stereocenters. The molecule has 22 heavy (non-hydrogen) atoms. The number of halogens is 1. The first-order chi connectivity index (χ1) is 10.6. The van der Waals surface area contributed by atoms with E-state index >= 15 is 0 Å². The summed E-state index contributed by atoms with van der Waals surface area (Å²) in [6.07, 6.45) is 0.491. The van der Waals surface area contributed by atoms with Gasteiger partial charge in [-0.1, -0.05) is 12.1 Å². The van der Waals surface area contributed by atoms with Gasteiger partial charge in [-0.25, -0.2) is 4.39 Å². The Morgan fingerprint density at radius 2 is 2.18 bits per heavy atom. The highest BCUT2D eigenvalue weighted by atomic mass is 19.1. The normalized spacial score (nSPS) is 18.7. The summed E-state index contributed by atoms with van der Waals surface area (Å²) in [4.78, 5) is 14.6. The molecule has 0 saturated carbocycles. The molecule has 0 bridgehead atoms. The molecule has 1 aromatic rings. The van der Waals surface area contributed by atoms with Gasteiger partial charge in [0.05, 0.1) is 13.2 Å². The summed E-state index contributed by atoms with van der Waals surface area (Å²) >= 11 is 0. The van der Waals surface area contributed by atoms with E-state index in [0.29, 0.717) is 38.3 Å². The van der Waals surface area contributed by atoms with Crippen molar-refractivity contribution >= 4 is 5.91 Å². The number of carbonyl (C=O) groups excluding carboxylic acids is 1. The Morgan fingerprint density at radius 3 is 2.82 bits per heavy atom. The van der Waals surface area contributed by atoms with Crippen molar-refractivity contribution < 1.29 is 19.0 Å². The number of carbonyl (C=O) groups is 1. The van der Waals surface area contributed by atoms with Crippen molar-refractivity contribution in [3.63, 3.8) is 0 Å². The van der Waals surface area contributed by atoms with Gasteiger partial charge < -0.3 is 15.2 Å². The van der Waals surface area contributed by atoms with E-state index in [2.05, 4.69) is 5.32 Å². The third-order valence-electron chi connectivity index (χ3n) is 3.77. The lowest BCUT2D eigenvalue weighted by Gasteiger charge is -2.34. The van der Waals surface area contributed by atoms with Crippen LogP contribution in [-0.2, 0) is 9.53 Å². The van der Waals surface area contributed by atoms with Gasteiger partial charge in [0.25, 0.3) is 0 Å². The molecule has 1 aliphatic heterocycles. The molecule has 1 fully saturated rings. The quantitative estimate of drug-likeness (QED) is 0.825. The van der Waals surface area contributed by atoms with E-state index in [1.54, 1.807) is 12.1 Å². The van der Waals surface area contributed by atoms with Crippen molar-refractivity contribution in [3.05, 3.63) is 35.6 Å².